The third kappa shape index (κ3) is 4.66. The average Bonchev–Trinajstić information content (AvgIpc) is 2.79. The van der Waals surface area contributed by atoms with E-state index in [2.05, 4.69) is 5.32 Å². The Morgan fingerprint density at radius 1 is 1.06 bits per heavy atom. The van der Waals surface area contributed by atoms with Crippen molar-refractivity contribution in [3.05, 3.63) is 77.9 Å². The van der Waals surface area contributed by atoms with Gasteiger partial charge in [-0.05, 0) is 62.7 Å². The monoisotopic (exact) mass is 466 g/mol. The molecule has 0 saturated heterocycles. The zero-order valence-corrected chi connectivity index (χ0v) is 19.6. The number of amides is 1. The van der Waals surface area contributed by atoms with E-state index in [1.54, 1.807) is 54.6 Å². The molecule has 0 radical (unpaired) electrons. The summed E-state index contributed by atoms with van der Waals surface area (Å²) < 4.78 is 39.9. The first-order chi connectivity index (χ1) is 15.8. The van der Waals surface area contributed by atoms with E-state index in [0.29, 0.717) is 29.5 Å². The largest absolute Gasteiger partial charge is 0.492 e. The lowest BCUT2D eigenvalue weighted by Crippen LogP contribution is -2.48. The standard InChI is InChI=1S/C25H26N2O5S/c1-4-31-22-8-6-5-7-20(22)26-25(28)24-16-27(21-14-11-18(3)15-23(21)32-24)33(29,30)19-12-9-17(2)10-13-19/h5-15,24H,4,16H2,1-3H3,(H,26,28)/t24-/m0/s1. The van der Waals surface area contributed by atoms with Gasteiger partial charge in [0.2, 0.25) is 0 Å². The Morgan fingerprint density at radius 2 is 1.76 bits per heavy atom. The van der Waals surface area contributed by atoms with Gasteiger partial charge in [-0.25, -0.2) is 8.42 Å². The summed E-state index contributed by atoms with van der Waals surface area (Å²) in [7, 11) is -3.91. The summed E-state index contributed by atoms with van der Waals surface area (Å²) in [4.78, 5) is 13.3. The Bertz CT molecular complexity index is 1270. The highest BCUT2D eigenvalue weighted by Crippen LogP contribution is 2.38. The average molecular weight is 467 g/mol. The van der Waals surface area contributed by atoms with Crippen LogP contribution in [0.15, 0.2) is 71.6 Å². The molecule has 0 aromatic heterocycles. The predicted octanol–water partition coefficient (Wildman–Crippen LogP) is 4.30. The molecule has 0 fully saturated rings. The SMILES string of the molecule is CCOc1ccccc1NC(=O)[C@@H]1CN(S(=O)(=O)c2ccc(C)cc2)c2ccc(C)cc2O1. The third-order valence-electron chi connectivity index (χ3n) is 5.33. The molecule has 3 aromatic carbocycles. The van der Waals surface area contributed by atoms with E-state index >= 15 is 0 Å². The normalized spacial score (nSPS) is 15.4. The van der Waals surface area contributed by atoms with Crippen LogP contribution >= 0.6 is 0 Å². The van der Waals surface area contributed by atoms with Crippen molar-refractivity contribution in [2.24, 2.45) is 0 Å². The zero-order valence-electron chi connectivity index (χ0n) is 18.7. The van der Waals surface area contributed by atoms with Crippen molar-refractivity contribution in [3.8, 4) is 11.5 Å². The topological polar surface area (TPSA) is 84.9 Å². The maximum atomic E-state index is 13.5. The number of sulfonamides is 1. The molecule has 4 rings (SSSR count). The van der Waals surface area contributed by atoms with Gasteiger partial charge >= 0.3 is 0 Å². The molecule has 1 amide bonds. The zero-order chi connectivity index (χ0) is 23.6. The number of para-hydroxylation sites is 2. The molecule has 1 N–H and O–H groups in total. The number of benzene rings is 3. The van der Waals surface area contributed by atoms with Crippen LogP contribution in [0.5, 0.6) is 11.5 Å². The Kier molecular flexibility index (Phi) is 6.29. The molecule has 7 nitrogen and oxygen atoms in total. The Labute approximate surface area is 194 Å². The molecular weight excluding hydrogens is 440 g/mol. The number of rotatable bonds is 6. The summed E-state index contributed by atoms with van der Waals surface area (Å²) in [6, 6.07) is 19.0. The van der Waals surface area contributed by atoms with Crippen LogP contribution in [0, 0.1) is 13.8 Å². The molecule has 172 valence electrons. The summed E-state index contributed by atoms with van der Waals surface area (Å²) in [6.45, 7) is 5.92. The Balaban J connectivity index is 1.68. The number of carbonyl (C=O) groups is 1. The van der Waals surface area contributed by atoms with Crippen molar-refractivity contribution in [3.63, 3.8) is 0 Å². The molecule has 0 aliphatic carbocycles. The first-order valence-corrected chi connectivity index (χ1v) is 12.1. The molecule has 0 spiro atoms. The van der Waals surface area contributed by atoms with E-state index in [9.17, 15) is 13.2 Å². The second-order valence-electron chi connectivity index (χ2n) is 7.85. The number of fused-ring (bicyclic) bond motifs is 1. The van der Waals surface area contributed by atoms with E-state index in [1.165, 1.54) is 4.31 Å². The second-order valence-corrected chi connectivity index (χ2v) is 9.71. The van der Waals surface area contributed by atoms with E-state index in [-0.39, 0.29) is 11.4 Å². The maximum Gasteiger partial charge on any atom is 0.267 e. The van der Waals surface area contributed by atoms with Gasteiger partial charge in [-0.1, -0.05) is 35.9 Å². The number of hydrogen-bond acceptors (Lipinski definition) is 5. The number of anilines is 2. The highest BCUT2D eigenvalue weighted by molar-refractivity contribution is 7.92. The number of nitrogens with zero attached hydrogens (tertiary/aromatic N) is 1. The van der Waals surface area contributed by atoms with Gasteiger partial charge in [0.15, 0.2) is 6.10 Å². The summed E-state index contributed by atoms with van der Waals surface area (Å²) in [6.07, 6.45) is -1.05. The van der Waals surface area contributed by atoms with E-state index in [1.807, 2.05) is 32.9 Å². The second kappa shape index (κ2) is 9.15. The molecular formula is C25H26N2O5S. The number of hydrogen-bond donors (Lipinski definition) is 1. The van der Waals surface area contributed by atoms with Gasteiger partial charge in [0.25, 0.3) is 15.9 Å². The quantitative estimate of drug-likeness (QED) is 0.586. The number of carbonyl (C=O) groups excluding carboxylic acids is 1. The molecule has 1 heterocycles. The minimum atomic E-state index is -3.91. The van der Waals surface area contributed by atoms with Gasteiger partial charge < -0.3 is 14.8 Å². The van der Waals surface area contributed by atoms with Crippen LogP contribution in [0.3, 0.4) is 0 Å². The van der Waals surface area contributed by atoms with Crippen molar-refractivity contribution in [1.29, 1.82) is 0 Å². The molecule has 0 unspecified atom stereocenters. The van der Waals surface area contributed by atoms with Crippen LogP contribution in [0.25, 0.3) is 0 Å². The molecule has 1 aliphatic heterocycles. The molecule has 0 bridgehead atoms. The molecule has 3 aromatic rings. The fourth-order valence-electron chi connectivity index (χ4n) is 3.63. The fraction of sp³-hybridized carbons (Fsp3) is 0.240. The van der Waals surface area contributed by atoms with Crippen LogP contribution in [-0.2, 0) is 14.8 Å². The first-order valence-electron chi connectivity index (χ1n) is 10.7. The summed E-state index contributed by atoms with van der Waals surface area (Å²) >= 11 is 0. The molecule has 1 atom stereocenters. The Hall–Kier alpha value is -3.52. The van der Waals surface area contributed by atoms with E-state index in [0.717, 1.165) is 11.1 Å². The third-order valence-corrected chi connectivity index (χ3v) is 7.12. The first kappa shape index (κ1) is 22.7. The van der Waals surface area contributed by atoms with Crippen molar-refractivity contribution in [1.82, 2.24) is 0 Å². The van der Waals surface area contributed by atoms with Gasteiger partial charge in [-0.15, -0.1) is 0 Å². The predicted molar refractivity (Wildman–Crippen MR) is 128 cm³/mol. The van der Waals surface area contributed by atoms with Gasteiger partial charge in [0.05, 0.1) is 29.4 Å². The van der Waals surface area contributed by atoms with Gasteiger partial charge in [0, 0.05) is 0 Å². The van der Waals surface area contributed by atoms with Crippen molar-refractivity contribution in [2.45, 2.75) is 31.8 Å². The van der Waals surface area contributed by atoms with Crippen LogP contribution in [0.1, 0.15) is 18.1 Å². The lowest BCUT2D eigenvalue weighted by molar-refractivity contribution is -0.122. The minimum Gasteiger partial charge on any atom is -0.492 e. The molecule has 8 heteroatoms. The minimum absolute atomic E-state index is 0.155. The smallest absolute Gasteiger partial charge is 0.267 e. The maximum absolute atomic E-state index is 13.5. The van der Waals surface area contributed by atoms with E-state index in [4.69, 9.17) is 9.47 Å². The van der Waals surface area contributed by atoms with Crippen molar-refractivity contribution < 1.29 is 22.7 Å². The number of aryl methyl sites for hydroxylation is 2. The summed E-state index contributed by atoms with van der Waals surface area (Å²) in [5.74, 6) is 0.415. The molecule has 33 heavy (non-hydrogen) atoms. The van der Waals surface area contributed by atoms with Gasteiger partial charge in [-0.3, -0.25) is 9.10 Å². The van der Waals surface area contributed by atoms with Crippen LogP contribution in [-0.4, -0.2) is 33.6 Å². The van der Waals surface area contributed by atoms with Gasteiger partial charge in [0.1, 0.15) is 11.5 Å². The summed E-state index contributed by atoms with van der Waals surface area (Å²) in [5.41, 5.74) is 2.75. The number of nitrogens with one attached hydrogen (secondary N) is 1. The van der Waals surface area contributed by atoms with Gasteiger partial charge in [-0.2, -0.15) is 0 Å². The lowest BCUT2D eigenvalue weighted by atomic mass is 10.1. The van der Waals surface area contributed by atoms with Crippen molar-refractivity contribution >= 4 is 27.3 Å². The fourth-order valence-corrected chi connectivity index (χ4v) is 5.10. The van der Waals surface area contributed by atoms with Crippen molar-refractivity contribution in [2.75, 3.05) is 22.8 Å². The van der Waals surface area contributed by atoms with Crippen LogP contribution in [0.2, 0.25) is 0 Å². The number of ether oxygens (including phenoxy) is 2. The summed E-state index contributed by atoms with van der Waals surface area (Å²) in [5, 5.41) is 2.82. The Morgan fingerprint density at radius 3 is 2.48 bits per heavy atom. The molecule has 1 aliphatic rings. The van der Waals surface area contributed by atoms with E-state index < -0.39 is 22.0 Å². The highest BCUT2D eigenvalue weighted by Gasteiger charge is 2.37. The van der Waals surface area contributed by atoms with Crippen LogP contribution < -0.4 is 19.1 Å². The molecule has 0 saturated carbocycles. The highest BCUT2D eigenvalue weighted by atomic mass is 32.2. The van der Waals surface area contributed by atoms with Crippen LogP contribution in [0.4, 0.5) is 11.4 Å². The lowest BCUT2D eigenvalue weighted by Gasteiger charge is -2.35.